The van der Waals surface area contributed by atoms with Crippen molar-refractivity contribution in [2.75, 3.05) is 7.11 Å². The molecule has 6 heteroatoms. The maximum Gasteiger partial charge on any atom is 0.243 e. The molecule has 0 aliphatic carbocycles. The zero-order chi connectivity index (χ0) is 18.4. The lowest BCUT2D eigenvalue weighted by molar-refractivity contribution is 0.414. The molecule has 1 unspecified atom stereocenters. The van der Waals surface area contributed by atoms with E-state index in [0.29, 0.717) is 4.90 Å². The summed E-state index contributed by atoms with van der Waals surface area (Å²) in [5.74, 6) is 0.780. The second kappa shape index (κ2) is 6.27. The van der Waals surface area contributed by atoms with Crippen molar-refractivity contribution in [3.8, 4) is 5.75 Å². The van der Waals surface area contributed by atoms with Crippen molar-refractivity contribution in [1.82, 2.24) is 4.31 Å². The van der Waals surface area contributed by atoms with Crippen molar-refractivity contribution in [2.45, 2.75) is 43.2 Å². The zero-order valence-corrected chi connectivity index (χ0v) is 17.2. The molecule has 3 rings (SSSR count). The minimum atomic E-state index is -3.49. The number of hydrogen-bond donors (Lipinski definition) is 0. The van der Waals surface area contributed by atoms with Crippen LogP contribution in [0.3, 0.4) is 0 Å². The molecule has 1 fully saturated rings. The van der Waals surface area contributed by atoms with Gasteiger partial charge >= 0.3 is 0 Å². The largest absolute Gasteiger partial charge is 0.497 e. The fourth-order valence-electron chi connectivity index (χ4n) is 3.33. The van der Waals surface area contributed by atoms with Gasteiger partial charge in [0.05, 0.1) is 26.1 Å². The monoisotopic (exact) mass is 375 g/mol. The quantitative estimate of drug-likeness (QED) is 0.586. The minimum absolute atomic E-state index is 0.0761. The number of aryl methyl sites for hydroxylation is 1. The van der Waals surface area contributed by atoms with Crippen molar-refractivity contribution in [3.63, 3.8) is 0 Å². The summed E-state index contributed by atoms with van der Waals surface area (Å²) in [5.41, 5.74) is 2.16. The predicted molar refractivity (Wildman–Crippen MR) is 103 cm³/mol. The molecule has 134 valence electrons. The molecule has 0 spiro atoms. The van der Waals surface area contributed by atoms with Crippen molar-refractivity contribution < 1.29 is 13.2 Å². The average Bonchev–Trinajstić information content (AvgIpc) is 3.32. The van der Waals surface area contributed by atoms with E-state index in [-0.39, 0.29) is 11.7 Å². The second-order valence-corrected chi connectivity index (χ2v) is 14.8. The van der Waals surface area contributed by atoms with Crippen LogP contribution in [0, 0.1) is 6.92 Å². The van der Waals surface area contributed by atoms with Gasteiger partial charge in [-0.3, -0.25) is 0 Å². The van der Waals surface area contributed by atoms with Crippen molar-refractivity contribution in [1.29, 1.82) is 0 Å². The first-order chi connectivity index (χ1) is 11.7. The fourth-order valence-corrected chi connectivity index (χ4v) is 8.56. The van der Waals surface area contributed by atoms with Crippen LogP contribution < -0.4 is 4.74 Å². The van der Waals surface area contributed by atoms with Crippen molar-refractivity contribution in [3.05, 3.63) is 59.7 Å². The smallest absolute Gasteiger partial charge is 0.243 e. The molecule has 1 saturated heterocycles. The van der Waals surface area contributed by atoms with Crippen LogP contribution in [0.15, 0.2) is 53.4 Å². The number of benzene rings is 2. The van der Waals surface area contributed by atoms with Crippen molar-refractivity contribution >= 4 is 18.1 Å². The molecular weight excluding hydrogens is 350 g/mol. The van der Waals surface area contributed by atoms with E-state index in [4.69, 9.17) is 4.74 Å². The van der Waals surface area contributed by atoms with E-state index in [2.05, 4.69) is 19.6 Å². The Hall–Kier alpha value is -1.63. The Morgan fingerprint density at radius 2 is 1.52 bits per heavy atom. The Bertz CT molecular complexity index is 855. The van der Waals surface area contributed by atoms with Crippen molar-refractivity contribution in [2.24, 2.45) is 0 Å². The first kappa shape index (κ1) is 18.2. The SMILES string of the molecule is COc1ccc([C@H]2[C@@H]([Si](C)(C)C)N2S(=O)(=O)c2ccc(C)cc2)cc1. The van der Waals surface area contributed by atoms with Crippen LogP contribution in [-0.2, 0) is 10.0 Å². The van der Waals surface area contributed by atoms with Crippen LogP contribution in [0.5, 0.6) is 5.75 Å². The Kier molecular flexibility index (Phi) is 4.55. The standard InChI is InChI=1S/C19H25NO3SSi/c1-14-6-12-17(13-7-14)24(21,22)20-18(19(20)25(3,4)5)15-8-10-16(23-2)11-9-15/h6-13,18-19H,1-5H3/t18-,19+,20?/m0/s1. The molecule has 25 heavy (non-hydrogen) atoms. The highest BCUT2D eigenvalue weighted by atomic mass is 32.2. The molecule has 0 radical (unpaired) electrons. The first-order valence-electron chi connectivity index (χ1n) is 8.40. The van der Waals surface area contributed by atoms with Crippen LogP contribution >= 0.6 is 0 Å². The molecule has 0 N–H and O–H groups in total. The lowest BCUT2D eigenvalue weighted by atomic mass is 10.1. The van der Waals surface area contributed by atoms with E-state index in [0.717, 1.165) is 16.9 Å². The maximum absolute atomic E-state index is 13.2. The summed E-state index contributed by atoms with van der Waals surface area (Å²) in [7, 11) is -3.55. The van der Waals surface area contributed by atoms with Gasteiger partial charge in [-0.1, -0.05) is 49.5 Å². The maximum atomic E-state index is 13.2. The third-order valence-corrected chi connectivity index (χ3v) is 9.13. The van der Waals surface area contributed by atoms with Crippen LogP contribution in [-0.4, -0.2) is 33.6 Å². The van der Waals surface area contributed by atoms with Gasteiger partial charge < -0.3 is 4.74 Å². The molecule has 1 heterocycles. The van der Waals surface area contributed by atoms with Gasteiger partial charge in [-0.15, -0.1) is 0 Å². The summed E-state index contributed by atoms with van der Waals surface area (Å²) in [6.45, 7) is 8.62. The normalized spacial score (nSPS) is 23.3. The van der Waals surface area contributed by atoms with Crippen LogP contribution in [0.2, 0.25) is 19.6 Å². The average molecular weight is 376 g/mol. The van der Waals surface area contributed by atoms with Gasteiger partial charge in [-0.05, 0) is 36.8 Å². The molecule has 3 atom stereocenters. The Balaban J connectivity index is 1.99. The molecule has 2 aromatic rings. The number of ether oxygens (including phenoxy) is 1. The predicted octanol–water partition coefficient (Wildman–Crippen LogP) is 4.00. The summed E-state index contributed by atoms with van der Waals surface area (Å²) in [4.78, 5) is 0.373. The van der Waals surface area contributed by atoms with Gasteiger partial charge in [0.1, 0.15) is 5.75 Å². The molecule has 2 aromatic carbocycles. The summed E-state index contributed by atoms with van der Waals surface area (Å²) in [6, 6.07) is 14.8. The van der Waals surface area contributed by atoms with E-state index in [1.165, 1.54) is 0 Å². The molecular formula is C19H25NO3SSi. The lowest BCUT2D eigenvalue weighted by Crippen LogP contribution is -2.33. The van der Waals surface area contributed by atoms with Gasteiger partial charge in [0.25, 0.3) is 0 Å². The number of hydrogen-bond acceptors (Lipinski definition) is 3. The van der Waals surface area contributed by atoms with E-state index in [1.807, 2.05) is 43.3 Å². The Morgan fingerprint density at radius 1 is 0.960 bits per heavy atom. The van der Waals surface area contributed by atoms with E-state index < -0.39 is 18.1 Å². The van der Waals surface area contributed by atoms with Gasteiger partial charge in [0, 0.05) is 5.67 Å². The molecule has 4 nitrogen and oxygen atoms in total. The van der Waals surface area contributed by atoms with Crippen LogP contribution in [0.1, 0.15) is 17.2 Å². The van der Waals surface area contributed by atoms with Crippen LogP contribution in [0.25, 0.3) is 0 Å². The Labute approximate surface area is 151 Å². The summed E-state index contributed by atoms with van der Waals surface area (Å²) in [5, 5.41) is 0. The highest BCUT2D eigenvalue weighted by Gasteiger charge is 2.61. The summed E-state index contributed by atoms with van der Waals surface area (Å²) in [6.07, 6.45) is 0. The highest BCUT2D eigenvalue weighted by Crippen LogP contribution is 2.51. The first-order valence-corrected chi connectivity index (χ1v) is 13.4. The second-order valence-electron chi connectivity index (χ2n) is 7.68. The molecule has 0 amide bonds. The van der Waals surface area contributed by atoms with Gasteiger partial charge in [-0.25, -0.2) is 8.42 Å². The van der Waals surface area contributed by atoms with E-state index in [9.17, 15) is 8.42 Å². The van der Waals surface area contributed by atoms with E-state index in [1.54, 1.807) is 23.5 Å². The number of nitrogens with zero attached hydrogens (tertiary/aromatic N) is 1. The van der Waals surface area contributed by atoms with Gasteiger partial charge in [-0.2, -0.15) is 4.31 Å². The number of sulfonamides is 1. The molecule has 0 bridgehead atoms. The summed E-state index contributed by atoms with van der Waals surface area (Å²) < 4.78 is 33.3. The lowest BCUT2D eigenvalue weighted by Gasteiger charge is -2.15. The zero-order valence-electron chi connectivity index (χ0n) is 15.4. The third-order valence-electron chi connectivity index (χ3n) is 4.70. The van der Waals surface area contributed by atoms with Crippen LogP contribution in [0.4, 0.5) is 0 Å². The van der Waals surface area contributed by atoms with Gasteiger partial charge in [0.15, 0.2) is 0 Å². The minimum Gasteiger partial charge on any atom is -0.497 e. The fraction of sp³-hybridized carbons (Fsp3) is 0.368. The number of methoxy groups -OCH3 is 1. The molecule has 1 aliphatic heterocycles. The summed E-state index contributed by atoms with van der Waals surface area (Å²) >= 11 is 0. The van der Waals surface area contributed by atoms with E-state index >= 15 is 0 Å². The highest BCUT2D eigenvalue weighted by molar-refractivity contribution is 7.89. The molecule has 1 aliphatic rings. The number of rotatable bonds is 5. The van der Waals surface area contributed by atoms with Gasteiger partial charge in [0.2, 0.25) is 10.0 Å². The topological polar surface area (TPSA) is 46.4 Å². The molecule has 0 aromatic heterocycles. The third kappa shape index (κ3) is 3.38. The Morgan fingerprint density at radius 3 is 2.00 bits per heavy atom. The molecule has 0 saturated carbocycles.